The van der Waals surface area contributed by atoms with Crippen LogP contribution in [-0.2, 0) is 10.0 Å². The van der Waals surface area contributed by atoms with Gasteiger partial charge < -0.3 is 10.5 Å². The molecule has 2 rings (SSSR count). The minimum atomic E-state index is -4.02. The van der Waals surface area contributed by atoms with E-state index >= 15 is 0 Å². The third kappa shape index (κ3) is 5.51. The van der Waals surface area contributed by atoms with Crippen LogP contribution >= 0.6 is 23.2 Å². The molecule has 9 heteroatoms. The molecule has 0 saturated carbocycles. The summed E-state index contributed by atoms with van der Waals surface area (Å²) in [7, 11) is -4.02. The first-order chi connectivity index (χ1) is 12.6. The molecule has 146 valence electrons. The topological polar surface area (TPSA) is 98.5 Å². The highest BCUT2D eigenvalue weighted by Crippen LogP contribution is 2.32. The Morgan fingerprint density at radius 3 is 2.56 bits per heavy atom. The van der Waals surface area contributed by atoms with E-state index in [-0.39, 0.29) is 31.9 Å². The molecule has 0 aromatic heterocycles. The third-order valence-electron chi connectivity index (χ3n) is 3.68. The normalized spacial score (nSPS) is 11.4. The van der Waals surface area contributed by atoms with Crippen molar-refractivity contribution in [3.63, 3.8) is 0 Å². The van der Waals surface area contributed by atoms with Gasteiger partial charge in [-0.25, -0.2) is 8.42 Å². The van der Waals surface area contributed by atoms with Gasteiger partial charge in [-0.2, -0.15) is 0 Å². The number of nitrogens with one attached hydrogen (secondary N) is 1. The zero-order chi connectivity index (χ0) is 20.2. The lowest BCUT2D eigenvalue weighted by molar-refractivity contribution is 0.0996. The summed E-state index contributed by atoms with van der Waals surface area (Å²) >= 11 is 11.9. The van der Waals surface area contributed by atoms with Crippen LogP contribution in [0, 0.1) is 5.92 Å². The van der Waals surface area contributed by atoms with Gasteiger partial charge in [-0.05, 0) is 42.7 Å². The van der Waals surface area contributed by atoms with E-state index in [2.05, 4.69) is 4.72 Å². The Morgan fingerprint density at radius 1 is 1.22 bits per heavy atom. The van der Waals surface area contributed by atoms with Crippen LogP contribution in [0.5, 0.6) is 5.75 Å². The minimum Gasteiger partial charge on any atom is -0.493 e. The van der Waals surface area contributed by atoms with Crippen molar-refractivity contribution in [1.29, 1.82) is 0 Å². The number of hydrogen-bond acceptors (Lipinski definition) is 4. The molecular formula is C18H20Cl2N2O4S. The summed E-state index contributed by atoms with van der Waals surface area (Å²) in [4.78, 5) is 11.6. The Labute approximate surface area is 168 Å². The van der Waals surface area contributed by atoms with Gasteiger partial charge >= 0.3 is 0 Å². The molecule has 0 aliphatic heterocycles. The monoisotopic (exact) mass is 430 g/mol. The molecule has 3 N–H and O–H groups in total. The Bertz CT molecular complexity index is 946. The zero-order valence-corrected chi connectivity index (χ0v) is 17.2. The van der Waals surface area contributed by atoms with Crippen molar-refractivity contribution in [2.24, 2.45) is 11.7 Å². The first-order valence-corrected chi connectivity index (χ1v) is 10.4. The molecule has 0 saturated heterocycles. The molecule has 6 nitrogen and oxygen atoms in total. The second kappa shape index (κ2) is 8.82. The average molecular weight is 431 g/mol. The fraction of sp³-hybridized carbons (Fsp3) is 0.278. The van der Waals surface area contributed by atoms with Gasteiger partial charge in [0.2, 0.25) is 0 Å². The molecule has 0 heterocycles. The molecule has 0 aliphatic carbocycles. The van der Waals surface area contributed by atoms with Gasteiger partial charge in [0.1, 0.15) is 5.75 Å². The fourth-order valence-corrected chi connectivity index (χ4v) is 3.69. The minimum absolute atomic E-state index is 0.0150. The Hall–Kier alpha value is -1.96. The highest BCUT2D eigenvalue weighted by atomic mass is 35.5. The molecule has 0 aliphatic rings. The Kier molecular flexibility index (Phi) is 6.97. The summed E-state index contributed by atoms with van der Waals surface area (Å²) in [6.45, 7) is 4.47. The number of halogens is 2. The van der Waals surface area contributed by atoms with Gasteiger partial charge in [0, 0.05) is 0 Å². The van der Waals surface area contributed by atoms with Gasteiger partial charge in [0.15, 0.2) is 0 Å². The van der Waals surface area contributed by atoms with Crippen LogP contribution in [0.25, 0.3) is 0 Å². The first kappa shape index (κ1) is 21.3. The van der Waals surface area contributed by atoms with Crippen molar-refractivity contribution in [3.8, 4) is 5.75 Å². The summed E-state index contributed by atoms with van der Waals surface area (Å²) in [5, 5.41) is 0.287. The van der Waals surface area contributed by atoms with Crippen LogP contribution < -0.4 is 15.2 Å². The van der Waals surface area contributed by atoms with Crippen LogP contribution in [0.4, 0.5) is 5.69 Å². The van der Waals surface area contributed by atoms with Crippen molar-refractivity contribution < 1.29 is 17.9 Å². The molecule has 0 unspecified atom stereocenters. The van der Waals surface area contributed by atoms with Gasteiger partial charge in [-0.3, -0.25) is 9.52 Å². The maximum atomic E-state index is 12.6. The second-order valence-corrected chi connectivity index (χ2v) is 8.73. The number of sulfonamides is 1. The molecule has 0 spiro atoms. The summed E-state index contributed by atoms with van der Waals surface area (Å²) in [6, 6.07) is 8.49. The number of ether oxygens (including phenoxy) is 1. The number of carbonyl (C=O) groups excluding carboxylic acids is 1. The SMILES string of the molecule is CC(C)CCOc1ccc(S(=O)(=O)Nc2cccc(Cl)c2Cl)cc1C(N)=O. The summed E-state index contributed by atoms with van der Waals surface area (Å²) in [6.07, 6.45) is 0.785. The van der Waals surface area contributed by atoms with E-state index in [9.17, 15) is 13.2 Å². The quantitative estimate of drug-likeness (QED) is 0.651. The van der Waals surface area contributed by atoms with Crippen molar-refractivity contribution >= 4 is 44.8 Å². The van der Waals surface area contributed by atoms with E-state index in [1.165, 1.54) is 30.3 Å². The maximum absolute atomic E-state index is 12.6. The van der Waals surface area contributed by atoms with E-state index in [1.807, 2.05) is 13.8 Å². The van der Waals surface area contributed by atoms with E-state index < -0.39 is 15.9 Å². The number of hydrogen-bond donors (Lipinski definition) is 2. The Balaban J connectivity index is 2.32. The first-order valence-electron chi connectivity index (χ1n) is 8.15. The van der Waals surface area contributed by atoms with Crippen molar-refractivity contribution in [2.45, 2.75) is 25.2 Å². The fourth-order valence-electron chi connectivity index (χ4n) is 2.19. The predicted octanol–water partition coefficient (Wildman–Crippen LogP) is 4.32. The number of rotatable bonds is 8. The molecule has 2 aromatic carbocycles. The standard InChI is InChI=1S/C18H20Cl2N2O4S/c1-11(2)8-9-26-16-7-6-12(10-13(16)18(21)23)27(24,25)22-15-5-3-4-14(19)17(15)20/h3-7,10-11,22H,8-9H2,1-2H3,(H2,21,23). The summed E-state index contributed by atoms with van der Waals surface area (Å²) in [5.41, 5.74) is 5.49. The second-order valence-electron chi connectivity index (χ2n) is 6.26. The molecule has 0 atom stereocenters. The zero-order valence-electron chi connectivity index (χ0n) is 14.8. The number of primary amides is 1. The highest BCUT2D eigenvalue weighted by molar-refractivity contribution is 7.92. The smallest absolute Gasteiger partial charge is 0.261 e. The number of carbonyl (C=O) groups is 1. The molecular weight excluding hydrogens is 411 g/mol. The molecule has 0 fully saturated rings. The number of amides is 1. The lowest BCUT2D eigenvalue weighted by atomic mass is 10.1. The van der Waals surface area contributed by atoms with Crippen molar-refractivity contribution in [3.05, 3.63) is 52.0 Å². The van der Waals surface area contributed by atoms with Gasteiger partial charge in [0.05, 0.1) is 32.8 Å². The average Bonchev–Trinajstić information content (AvgIpc) is 2.58. The van der Waals surface area contributed by atoms with Crippen molar-refractivity contribution in [1.82, 2.24) is 0 Å². The van der Waals surface area contributed by atoms with Gasteiger partial charge in [-0.1, -0.05) is 43.1 Å². The largest absolute Gasteiger partial charge is 0.493 e. The van der Waals surface area contributed by atoms with Crippen LogP contribution in [0.15, 0.2) is 41.3 Å². The van der Waals surface area contributed by atoms with E-state index in [0.717, 1.165) is 6.42 Å². The molecule has 27 heavy (non-hydrogen) atoms. The predicted molar refractivity (Wildman–Crippen MR) is 107 cm³/mol. The molecule has 2 aromatic rings. The summed E-state index contributed by atoms with van der Waals surface area (Å²) < 4.78 is 33.2. The maximum Gasteiger partial charge on any atom is 0.261 e. The van der Waals surface area contributed by atoms with Gasteiger partial charge in [0.25, 0.3) is 15.9 Å². The number of nitrogens with two attached hydrogens (primary N) is 1. The number of anilines is 1. The lowest BCUT2D eigenvalue weighted by Gasteiger charge is -2.14. The van der Waals surface area contributed by atoms with E-state index in [4.69, 9.17) is 33.7 Å². The third-order valence-corrected chi connectivity index (χ3v) is 5.86. The van der Waals surface area contributed by atoms with Crippen LogP contribution in [0.1, 0.15) is 30.6 Å². The number of benzene rings is 2. The molecule has 0 radical (unpaired) electrons. The molecule has 0 bridgehead atoms. The lowest BCUT2D eigenvalue weighted by Crippen LogP contribution is -2.17. The van der Waals surface area contributed by atoms with Gasteiger partial charge in [-0.15, -0.1) is 0 Å². The van der Waals surface area contributed by atoms with Crippen LogP contribution in [-0.4, -0.2) is 20.9 Å². The highest BCUT2D eigenvalue weighted by Gasteiger charge is 2.20. The van der Waals surface area contributed by atoms with Crippen LogP contribution in [0.3, 0.4) is 0 Å². The van der Waals surface area contributed by atoms with E-state index in [0.29, 0.717) is 12.5 Å². The summed E-state index contributed by atoms with van der Waals surface area (Å²) in [5.74, 6) is -0.122. The van der Waals surface area contributed by atoms with Crippen molar-refractivity contribution in [2.75, 3.05) is 11.3 Å². The van der Waals surface area contributed by atoms with Crippen LogP contribution in [0.2, 0.25) is 10.0 Å². The molecule has 1 amide bonds. The Morgan fingerprint density at radius 2 is 1.93 bits per heavy atom. The van der Waals surface area contributed by atoms with E-state index in [1.54, 1.807) is 6.07 Å².